The Labute approximate surface area is 231 Å². The summed E-state index contributed by atoms with van der Waals surface area (Å²) in [6.45, 7) is 1.85. The lowest BCUT2D eigenvalue weighted by Crippen LogP contribution is -2.22. The molecule has 0 spiro atoms. The molecular weight excluding hydrogens is 502 g/mol. The van der Waals surface area contributed by atoms with Gasteiger partial charge in [-0.1, -0.05) is 54.6 Å². The van der Waals surface area contributed by atoms with Crippen molar-refractivity contribution in [1.82, 2.24) is 5.43 Å². The summed E-state index contributed by atoms with van der Waals surface area (Å²) in [5.74, 6) is 1.73. The number of nitrogens with one attached hydrogen (secondary N) is 2. The van der Waals surface area contributed by atoms with E-state index in [1.807, 2.05) is 73.7 Å². The largest absolute Gasteiger partial charge is 0.457 e. The van der Waals surface area contributed by atoms with Gasteiger partial charge in [0.1, 0.15) is 17.3 Å². The molecule has 1 aliphatic rings. The average molecular weight is 530 g/mol. The Morgan fingerprint density at radius 1 is 0.800 bits per heavy atom. The van der Waals surface area contributed by atoms with Gasteiger partial charge in [0, 0.05) is 28.8 Å². The van der Waals surface area contributed by atoms with Crippen molar-refractivity contribution in [2.24, 2.45) is 5.10 Å². The summed E-state index contributed by atoms with van der Waals surface area (Å²) < 4.78 is 11.8. The molecule has 198 valence electrons. The molecule has 5 aromatic rings. The number of fused-ring (bicyclic) bond motifs is 2. The lowest BCUT2D eigenvalue weighted by atomic mass is 9.93. The predicted octanol–water partition coefficient (Wildman–Crippen LogP) is 7.26. The molecule has 0 unspecified atom stereocenters. The maximum Gasteiger partial charge on any atom is 0.291 e. The third-order valence-corrected chi connectivity index (χ3v) is 6.95. The van der Waals surface area contributed by atoms with Crippen molar-refractivity contribution in [1.29, 1.82) is 0 Å². The zero-order chi connectivity index (χ0) is 27.5. The fraction of sp³-hybridized carbons (Fsp3) is 0.121. The molecule has 1 aromatic heterocycles. The second-order valence-corrected chi connectivity index (χ2v) is 9.63. The van der Waals surface area contributed by atoms with Gasteiger partial charge in [0.2, 0.25) is 0 Å². The van der Waals surface area contributed by atoms with Crippen LogP contribution in [-0.4, -0.2) is 17.5 Å². The number of para-hydroxylation sites is 1. The number of rotatable bonds is 6. The number of hydrogen-bond donors (Lipinski definition) is 2. The van der Waals surface area contributed by atoms with Crippen molar-refractivity contribution in [3.05, 3.63) is 125 Å². The van der Waals surface area contributed by atoms with E-state index < -0.39 is 0 Å². The lowest BCUT2D eigenvalue weighted by molar-refractivity contribution is 0.0955. The van der Waals surface area contributed by atoms with Crippen LogP contribution in [0.1, 0.15) is 50.6 Å². The number of furan rings is 1. The Balaban J connectivity index is 1.18. The molecule has 7 nitrogen and oxygen atoms in total. The standard InChI is InChI=1S/C33H27N3O4/c1-21-30-28(35-36-32(37)27-14-7-10-22-9-5-6-13-26(22)27)15-8-16-29(30)40-31(21)33(38)34-23-17-19-25(20-18-23)39-24-11-3-2-4-12-24/h2-7,9-14,17-20H,8,15-16H2,1H3,(H,34,38)(H,36,37)/b35-28+. The van der Waals surface area contributed by atoms with Gasteiger partial charge in [0.25, 0.3) is 11.8 Å². The maximum atomic E-state index is 13.2. The number of anilines is 1. The molecule has 0 fully saturated rings. The summed E-state index contributed by atoms with van der Waals surface area (Å²) in [5, 5.41) is 9.24. The van der Waals surface area contributed by atoms with Gasteiger partial charge >= 0.3 is 0 Å². The van der Waals surface area contributed by atoms with Crippen LogP contribution in [-0.2, 0) is 6.42 Å². The van der Waals surface area contributed by atoms with Gasteiger partial charge in [-0.3, -0.25) is 9.59 Å². The number of amides is 2. The van der Waals surface area contributed by atoms with E-state index in [2.05, 4.69) is 15.8 Å². The van der Waals surface area contributed by atoms with Crippen LogP contribution in [0.3, 0.4) is 0 Å². The summed E-state index contributed by atoms with van der Waals surface area (Å²) in [5.41, 5.74) is 6.11. The van der Waals surface area contributed by atoms with Gasteiger partial charge in [-0.05, 0) is 73.0 Å². The fourth-order valence-corrected chi connectivity index (χ4v) is 5.02. The van der Waals surface area contributed by atoms with E-state index in [-0.39, 0.29) is 17.6 Å². The van der Waals surface area contributed by atoms with Crippen molar-refractivity contribution in [3.63, 3.8) is 0 Å². The molecule has 40 heavy (non-hydrogen) atoms. The highest BCUT2D eigenvalue weighted by atomic mass is 16.5. The number of aryl methyl sites for hydroxylation is 1. The minimum atomic E-state index is -0.345. The Hall–Kier alpha value is -5.17. The van der Waals surface area contributed by atoms with E-state index in [0.717, 1.165) is 28.5 Å². The van der Waals surface area contributed by atoms with Crippen LogP contribution >= 0.6 is 0 Å². The number of hydrogen-bond acceptors (Lipinski definition) is 5. The van der Waals surface area contributed by atoms with Crippen molar-refractivity contribution in [2.45, 2.75) is 26.2 Å². The summed E-state index contributed by atoms with van der Waals surface area (Å²) in [6, 6.07) is 30.0. The first-order valence-electron chi connectivity index (χ1n) is 13.2. The minimum absolute atomic E-state index is 0.240. The number of carbonyl (C=O) groups excluding carboxylic acids is 2. The van der Waals surface area contributed by atoms with E-state index in [1.165, 1.54) is 0 Å². The Morgan fingerprint density at radius 2 is 1.52 bits per heavy atom. The van der Waals surface area contributed by atoms with Crippen LogP contribution in [0, 0.1) is 6.92 Å². The molecule has 2 amide bonds. The van der Waals surface area contributed by atoms with Crippen molar-refractivity contribution < 1.29 is 18.7 Å². The van der Waals surface area contributed by atoms with E-state index in [9.17, 15) is 9.59 Å². The molecule has 1 aliphatic carbocycles. The van der Waals surface area contributed by atoms with E-state index in [0.29, 0.717) is 46.9 Å². The maximum absolute atomic E-state index is 13.2. The first kappa shape index (κ1) is 25.1. The summed E-state index contributed by atoms with van der Waals surface area (Å²) in [6.07, 6.45) is 2.19. The fourth-order valence-electron chi connectivity index (χ4n) is 5.02. The van der Waals surface area contributed by atoms with Gasteiger partial charge in [-0.2, -0.15) is 5.10 Å². The third kappa shape index (κ3) is 5.09. The quantitative estimate of drug-likeness (QED) is 0.227. The molecular formula is C33H27N3O4. The monoisotopic (exact) mass is 529 g/mol. The number of hydrazone groups is 1. The van der Waals surface area contributed by atoms with Gasteiger partial charge in [-0.15, -0.1) is 0 Å². The smallest absolute Gasteiger partial charge is 0.291 e. The third-order valence-electron chi connectivity index (χ3n) is 6.95. The zero-order valence-electron chi connectivity index (χ0n) is 21.9. The van der Waals surface area contributed by atoms with Gasteiger partial charge in [0.05, 0.1) is 5.71 Å². The average Bonchev–Trinajstić information content (AvgIpc) is 3.34. The molecule has 0 atom stereocenters. The van der Waals surface area contributed by atoms with Crippen molar-refractivity contribution >= 4 is 34.0 Å². The molecule has 4 aromatic carbocycles. The van der Waals surface area contributed by atoms with Crippen LogP contribution in [0.5, 0.6) is 11.5 Å². The van der Waals surface area contributed by atoms with E-state index >= 15 is 0 Å². The zero-order valence-corrected chi connectivity index (χ0v) is 21.9. The number of nitrogens with zero attached hydrogens (tertiary/aromatic N) is 1. The van der Waals surface area contributed by atoms with Crippen LogP contribution < -0.4 is 15.5 Å². The number of carbonyl (C=O) groups is 2. The van der Waals surface area contributed by atoms with E-state index in [1.54, 1.807) is 30.3 Å². The van der Waals surface area contributed by atoms with Gasteiger partial charge < -0.3 is 14.5 Å². The SMILES string of the molecule is Cc1c(C(=O)Nc2ccc(Oc3ccccc3)cc2)oc2c1/C(=N/NC(=O)c1cccc3ccccc13)CCC2. The molecule has 0 bridgehead atoms. The first-order chi connectivity index (χ1) is 19.6. The summed E-state index contributed by atoms with van der Waals surface area (Å²) in [4.78, 5) is 26.2. The molecule has 0 saturated carbocycles. The highest BCUT2D eigenvalue weighted by Gasteiger charge is 2.28. The normalized spacial score (nSPS) is 13.6. The molecule has 7 heteroatoms. The second-order valence-electron chi connectivity index (χ2n) is 9.63. The van der Waals surface area contributed by atoms with Crippen LogP contribution in [0.4, 0.5) is 5.69 Å². The summed E-state index contributed by atoms with van der Waals surface area (Å²) >= 11 is 0. The van der Waals surface area contributed by atoms with Crippen molar-refractivity contribution in [3.8, 4) is 11.5 Å². The molecule has 1 heterocycles. The molecule has 2 N–H and O–H groups in total. The van der Waals surface area contributed by atoms with Crippen LogP contribution in [0.2, 0.25) is 0 Å². The Kier molecular flexibility index (Phi) is 6.85. The number of benzene rings is 4. The van der Waals surface area contributed by atoms with Crippen LogP contribution in [0.25, 0.3) is 10.8 Å². The molecule has 0 radical (unpaired) electrons. The minimum Gasteiger partial charge on any atom is -0.457 e. The summed E-state index contributed by atoms with van der Waals surface area (Å²) in [7, 11) is 0. The predicted molar refractivity (Wildman–Crippen MR) is 155 cm³/mol. The topological polar surface area (TPSA) is 92.9 Å². The van der Waals surface area contributed by atoms with Crippen molar-refractivity contribution in [2.75, 3.05) is 5.32 Å². The van der Waals surface area contributed by atoms with E-state index in [4.69, 9.17) is 9.15 Å². The van der Waals surface area contributed by atoms with Crippen LogP contribution in [0.15, 0.2) is 107 Å². The molecule has 6 rings (SSSR count). The molecule has 0 saturated heterocycles. The van der Waals surface area contributed by atoms with Gasteiger partial charge in [0.15, 0.2) is 5.76 Å². The highest BCUT2D eigenvalue weighted by molar-refractivity contribution is 6.11. The highest BCUT2D eigenvalue weighted by Crippen LogP contribution is 2.31. The van der Waals surface area contributed by atoms with Gasteiger partial charge in [-0.25, -0.2) is 5.43 Å². The second kappa shape index (κ2) is 10.9. The first-order valence-corrected chi connectivity index (χ1v) is 13.2. The number of ether oxygens (including phenoxy) is 1. The Bertz CT molecular complexity index is 1730. The Morgan fingerprint density at radius 3 is 2.35 bits per heavy atom. The molecule has 0 aliphatic heterocycles. The lowest BCUT2D eigenvalue weighted by Gasteiger charge is -2.13.